The van der Waals surface area contributed by atoms with Gasteiger partial charge in [-0.3, -0.25) is 4.90 Å². The molecule has 0 spiro atoms. The number of aromatic nitrogens is 1. The van der Waals surface area contributed by atoms with Gasteiger partial charge in [0.05, 0.1) is 13.2 Å². The average Bonchev–Trinajstić information content (AvgIpc) is 2.47. The van der Waals surface area contributed by atoms with Gasteiger partial charge in [0.2, 0.25) is 0 Å². The molecule has 0 bridgehead atoms. The molecule has 0 saturated carbocycles. The molecule has 1 aromatic heterocycles. The zero-order valence-corrected chi connectivity index (χ0v) is 8.97. The predicted octanol–water partition coefficient (Wildman–Crippen LogP) is 1.46. The molecule has 14 heavy (non-hydrogen) atoms. The normalized spacial score (nSPS) is 18.7. The van der Waals surface area contributed by atoms with Crippen molar-refractivity contribution in [1.29, 1.82) is 0 Å². The Bertz CT molecular complexity index is 300. The van der Waals surface area contributed by atoms with E-state index in [2.05, 4.69) is 29.8 Å². The van der Waals surface area contributed by atoms with E-state index < -0.39 is 0 Å². The summed E-state index contributed by atoms with van der Waals surface area (Å²) in [6, 6.07) is 2.24. The van der Waals surface area contributed by atoms with Crippen molar-refractivity contribution >= 4 is 0 Å². The van der Waals surface area contributed by atoms with E-state index in [1.54, 1.807) is 0 Å². The Hall–Kier alpha value is -0.800. The van der Waals surface area contributed by atoms with Crippen LogP contribution in [0.25, 0.3) is 0 Å². The molecular formula is C11H18N2O. The van der Waals surface area contributed by atoms with Crippen molar-refractivity contribution in [2.24, 2.45) is 0 Å². The molecule has 1 saturated heterocycles. The summed E-state index contributed by atoms with van der Waals surface area (Å²) in [5, 5.41) is 0. The molecule has 3 nitrogen and oxygen atoms in total. The summed E-state index contributed by atoms with van der Waals surface area (Å²) in [6.45, 7) is 9.18. The zero-order valence-electron chi connectivity index (χ0n) is 8.97. The summed E-state index contributed by atoms with van der Waals surface area (Å²) in [4.78, 5) is 5.78. The molecule has 0 aromatic carbocycles. The smallest absolute Gasteiger partial charge is 0.0594 e. The van der Waals surface area contributed by atoms with Crippen molar-refractivity contribution < 1.29 is 4.74 Å². The van der Waals surface area contributed by atoms with Gasteiger partial charge >= 0.3 is 0 Å². The van der Waals surface area contributed by atoms with E-state index in [4.69, 9.17) is 4.74 Å². The molecule has 0 amide bonds. The van der Waals surface area contributed by atoms with Crippen LogP contribution >= 0.6 is 0 Å². The lowest BCUT2D eigenvalue weighted by atomic mass is 10.2. The van der Waals surface area contributed by atoms with Crippen LogP contribution in [0.1, 0.15) is 17.0 Å². The van der Waals surface area contributed by atoms with Gasteiger partial charge in [-0.1, -0.05) is 0 Å². The van der Waals surface area contributed by atoms with E-state index in [1.807, 2.05) is 0 Å². The number of ether oxygens (including phenoxy) is 1. The molecular weight excluding hydrogens is 176 g/mol. The second-order valence-corrected chi connectivity index (χ2v) is 3.99. The Kier molecular flexibility index (Phi) is 2.89. The molecule has 0 aliphatic carbocycles. The lowest BCUT2D eigenvalue weighted by molar-refractivity contribution is 0.0341. The summed E-state index contributed by atoms with van der Waals surface area (Å²) in [6.07, 6.45) is 0. The highest BCUT2D eigenvalue weighted by Crippen LogP contribution is 2.12. The average molecular weight is 194 g/mol. The fourth-order valence-electron chi connectivity index (χ4n) is 1.95. The molecule has 78 valence electrons. The number of nitrogens with one attached hydrogen (secondary N) is 1. The fraction of sp³-hybridized carbons (Fsp3) is 0.636. The summed E-state index contributed by atoms with van der Waals surface area (Å²) in [5.41, 5.74) is 3.98. The first-order valence-corrected chi connectivity index (χ1v) is 5.21. The van der Waals surface area contributed by atoms with Crippen LogP contribution in [-0.2, 0) is 11.3 Å². The van der Waals surface area contributed by atoms with Gasteiger partial charge in [0.15, 0.2) is 0 Å². The minimum absolute atomic E-state index is 0.877. The molecule has 0 unspecified atom stereocenters. The van der Waals surface area contributed by atoms with E-state index in [0.29, 0.717) is 0 Å². The highest BCUT2D eigenvalue weighted by molar-refractivity contribution is 5.24. The van der Waals surface area contributed by atoms with E-state index in [-0.39, 0.29) is 0 Å². The van der Waals surface area contributed by atoms with Crippen molar-refractivity contribution in [3.8, 4) is 0 Å². The van der Waals surface area contributed by atoms with Gasteiger partial charge in [-0.2, -0.15) is 0 Å². The highest BCUT2D eigenvalue weighted by atomic mass is 16.5. The second kappa shape index (κ2) is 4.15. The Morgan fingerprint density at radius 2 is 2.07 bits per heavy atom. The summed E-state index contributed by atoms with van der Waals surface area (Å²) in [7, 11) is 0. The molecule has 2 heterocycles. The van der Waals surface area contributed by atoms with Crippen LogP contribution in [0.5, 0.6) is 0 Å². The first-order chi connectivity index (χ1) is 6.75. The predicted molar refractivity (Wildman–Crippen MR) is 56.4 cm³/mol. The first-order valence-electron chi connectivity index (χ1n) is 5.21. The van der Waals surface area contributed by atoms with Crippen LogP contribution in [0.15, 0.2) is 6.07 Å². The number of rotatable bonds is 2. The van der Waals surface area contributed by atoms with Crippen molar-refractivity contribution in [1.82, 2.24) is 9.88 Å². The topological polar surface area (TPSA) is 28.3 Å². The van der Waals surface area contributed by atoms with Crippen LogP contribution < -0.4 is 0 Å². The Labute approximate surface area is 85.1 Å². The Morgan fingerprint density at radius 3 is 2.64 bits per heavy atom. The molecule has 1 aromatic rings. The van der Waals surface area contributed by atoms with Gasteiger partial charge in [-0.15, -0.1) is 0 Å². The maximum atomic E-state index is 5.32. The largest absolute Gasteiger partial charge is 0.379 e. The highest BCUT2D eigenvalue weighted by Gasteiger charge is 2.12. The lowest BCUT2D eigenvalue weighted by Gasteiger charge is -2.26. The van der Waals surface area contributed by atoms with Gasteiger partial charge < -0.3 is 9.72 Å². The number of aryl methyl sites for hydroxylation is 2. The number of morpholine rings is 1. The third kappa shape index (κ3) is 2.16. The molecule has 0 atom stereocenters. The molecule has 1 fully saturated rings. The molecule has 3 heteroatoms. The van der Waals surface area contributed by atoms with Crippen molar-refractivity contribution in [2.75, 3.05) is 26.3 Å². The molecule has 1 aliphatic rings. The molecule has 1 N–H and O–H groups in total. The Morgan fingerprint density at radius 1 is 1.36 bits per heavy atom. The minimum Gasteiger partial charge on any atom is -0.379 e. The quantitative estimate of drug-likeness (QED) is 0.772. The maximum Gasteiger partial charge on any atom is 0.0594 e. The van der Waals surface area contributed by atoms with Crippen LogP contribution in [0.4, 0.5) is 0 Å². The van der Waals surface area contributed by atoms with Gasteiger partial charge in [0.25, 0.3) is 0 Å². The van der Waals surface area contributed by atoms with Crippen molar-refractivity contribution in [2.45, 2.75) is 20.4 Å². The number of aromatic amines is 1. The van der Waals surface area contributed by atoms with Crippen molar-refractivity contribution in [3.63, 3.8) is 0 Å². The van der Waals surface area contributed by atoms with E-state index in [1.165, 1.54) is 17.0 Å². The SMILES string of the molecule is Cc1cc(CN2CCOCC2)c(C)[nH]1. The fourth-order valence-corrected chi connectivity index (χ4v) is 1.95. The van der Waals surface area contributed by atoms with Crippen LogP contribution in [0.2, 0.25) is 0 Å². The van der Waals surface area contributed by atoms with Gasteiger partial charge in [0, 0.05) is 31.0 Å². The van der Waals surface area contributed by atoms with Crippen LogP contribution in [-0.4, -0.2) is 36.2 Å². The summed E-state index contributed by atoms with van der Waals surface area (Å²) in [5.74, 6) is 0. The lowest BCUT2D eigenvalue weighted by Crippen LogP contribution is -2.35. The summed E-state index contributed by atoms with van der Waals surface area (Å²) >= 11 is 0. The number of hydrogen-bond acceptors (Lipinski definition) is 2. The van der Waals surface area contributed by atoms with Crippen molar-refractivity contribution in [3.05, 3.63) is 23.0 Å². The number of H-pyrrole nitrogens is 1. The standard InChI is InChI=1S/C11H18N2O/c1-9-7-11(10(2)12-9)8-13-3-5-14-6-4-13/h7,12H,3-6,8H2,1-2H3. The van der Waals surface area contributed by atoms with E-state index in [9.17, 15) is 0 Å². The van der Waals surface area contributed by atoms with Gasteiger partial charge in [-0.05, 0) is 25.5 Å². The van der Waals surface area contributed by atoms with Gasteiger partial charge in [-0.25, -0.2) is 0 Å². The second-order valence-electron chi connectivity index (χ2n) is 3.99. The van der Waals surface area contributed by atoms with E-state index in [0.717, 1.165) is 32.8 Å². The van der Waals surface area contributed by atoms with Crippen LogP contribution in [0, 0.1) is 13.8 Å². The maximum absolute atomic E-state index is 5.32. The third-order valence-corrected chi connectivity index (χ3v) is 2.75. The first kappa shape index (κ1) is 9.74. The number of hydrogen-bond donors (Lipinski definition) is 1. The number of nitrogens with zero attached hydrogens (tertiary/aromatic N) is 1. The van der Waals surface area contributed by atoms with Crippen LogP contribution in [0.3, 0.4) is 0 Å². The Balaban J connectivity index is 1.98. The molecule has 2 rings (SSSR count). The monoisotopic (exact) mass is 194 g/mol. The molecule has 1 aliphatic heterocycles. The zero-order chi connectivity index (χ0) is 9.97. The minimum atomic E-state index is 0.877. The molecule has 0 radical (unpaired) electrons. The summed E-state index contributed by atoms with van der Waals surface area (Å²) < 4.78 is 5.32. The van der Waals surface area contributed by atoms with Gasteiger partial charge in [0.1, 0.15) is 0 Å². The third-order valence-electron chi connectivity index (χ3n) is 2.75. The van der Waals surface area contributed by atoms with E-state index >= 15 is 0 Å².